The summed E-state index contributed by atoms with van der Waals surface area (Å²) in [7, 11) is 0. The molecule has 1 aromatic carbocycles. The Bertz CT molecular complexity index is 1210. The van der Waals surface area contributed by atoms with Gasteiger partial charge in [0.05, 0.1) is 0 Å². The molecule has 0 aliphatic carbocycles. The number of hydrogen-bond donors (Lipinski definition) is 1. The summed E-state index contributed by atoms with van der Waals surface area (Å²) in [5.74, 6) is -1.62. The fourth-order valence-electron chi connectivity index (χ4n) is 3.08. The molecule has 9 heteroatoms. The Morgan fingerprint density at radius 3 is 2.61 bits per heavy atom. The molecule has 4 rings (SSSR count). The lowest BCUT2D eigenvalue weighted by Gasteiger charge is -2.13. The highest BCUT2D eigenvalue weighted by Crippen LogP contribution is 2.31. The number of fused-ring (bicyclic) bond motifs is 1. The Balaban J connectivity index is 1.41. The van der Waals surface area contributed by atoms with Crippen LogP contribution in [-0.4, -0.2) is 31.5 Å². The van der Waals surface area contributed by atoms with Gasteiger partial charge in [-0.2, -0.15) is 0 Å². The van der Waals surface area contributed by atoms with Crippen molar-refractivity contribution < 1.29 is 13.5 Å². The van der Waals surface area contributed by atoms with Crippen LogP contribution in [-0.2, 0) is 12.3 Å². The van der Waals surface area contributed by atoms with Gasteiger partial charge >= 0.3 is 0 Å². The minimum atomic E-state index is -2.95. The van der Waals surface area contributed by atoms with E-state index in [0.717, 1.165) is 24.5 Å². The molecule has 0 radical (unpaired) electrons. The van der Waals surface area contributed by atoms with E-state index in [-0.39, 0.29) is 11.4 Å². The predicted octanol–water partition coefficient (Wildman–Crippen LogP) is 4.68. The summed E-state index contributed by atoms with van der Waals surface area (Å²) in [5.41, 5.74) is 2.99. The summed E-state index contributed by atoms with van der Waals surface area (Å²) in [6, 6.07) is 8.27. The van der Waals surface area contributed by atoms with E-state index >= 15 is 0 Å². The van der Waals surface area contributed by atoms with Gasteiger partial charge in [-0.15, -0.1) is 0 Å². The Morgan fingerprint density at radius 2 is 1.81 bits per heavy atom. The largest absolute Gasteiger partial charge is 0.439 e. The first-order chi connectivity index (χ1) is 14.9. The molecule has 0 aliphatic heterocycles. The smallest absolute Gasteiger partial charge is 0.270 e. The Morgan fingerprint density at radius 1 is 0.968 bits per heavy atom. The number of ether oxygens (including phenoxy) is 1. The molecule has 0 aliphatic rings. The van der Waals surface area contributed by atoms with Crippen LogP contribution in [0.2, 0.25) is 0 Å². The van der Waals surface area contributed by atoms with Crippen molar-refractivity contribution in [3.8, 4) is 11.6 Å². The molecule has 1 N–H and O–H groups in total. The molecule has 158 valence electrons. The Hall–Kier alpha value is -3.75. The fraction of sp³-hybridized carbons (Fsp3) is 0.227. The lowest BCUT2D eigenvalue weighted by molar-refractivity contribution is 0.0172. The third kappa shape index (κ3) is 4.88. The van der Waals surface area contributed by atoms with Crippen LogP contribution in [0.3, 0.4) is 0 Å². The second kappa shape index (κ2) is 8.55. The third-order valence-electron chi connectivity index (χ3n) is 4.67. The zero-order valence-corrected chi connectivity index (χ0v) is 17.0. The first-order valence-corrected chi connectivity index (χ1v) is 9.67. The molecule has 3 heterocycles. The molecular formula is C22H20F2N6O. The summed E-state index contributed by atoms with van der Waals surface area (Å²) < 4.78 is 32.8. The highest BCUT2D eigenvalue weighted by atomic mass is 19.3. The molecule has 0 fully saturated rings. The number of nitrogens with one attached hydrogen (secondary N) is 1. The molecular weight excluding hydrogens is 402 g/mol. The van der Waals surface area contributed by atoms with Crippen LogP contribution in [0.1, 0.15) is 23.6 Å². The maximum atomic E-state index is 13.5. The normalized spacial score (nSPS) is 11.5. The molecule has 0 spiro atoms. The maximum absolute atomic E-state index is 13.5. The number of rotatable bonds is 7. The van der Waals surface area contributed by atoms with Crippen molar-refractivity contribution in [2.24, 2.45) is 0 Å². The topological polar surface area (TPSA) is 85.7 Å². The zero-order valence-electron chi connectivity index (χ0n) is 17.0. The van der Waals surface area contributed by atoms with Crippen LogP contribution in [0.15, 0.2) is 55.2 Å². The van der Waals surface area contributed by atoms with E-state index < -0.39 is 5.92 Å². The van der Waals surface area contributed by atoms with Gasteiger partial charge in [-0.05, 0) is 36.6 Å². The van der Waals surface area contributed by atoms with Crippen LogP contribution >= 0.6 is 0 Å². The molecule has 0 saturated heterocycles. The number of pyridine rings is 1. The summed E-state index contributed by atoms with van der Waals surface area (Å²) in [6.45, 7) is 3.38. The van der Waals surface area contributed by atoms with Crippen LogP contribution in [0.5, 0.6) is 11.6 Å². The lowest BCUT2D eigenvalue weighted by atomic mass is 10.1. The van der Waals surface area contributed by atoms with Gasteiger partial charge in [-0.1, -0.05) is 12.1 Å². The Kier molecular flexibility index (Phi) is 5.66. The predicted molar refractivity (Wildman–Crippen MR) is 112 cm³/mol. The average molecular weight is 422 g/mol. The molecule has 0 atom stereocenters. The second-order valence-electron chi connectivity index (χ2n) is 7.10. The molecule has 0 bridgehead atoms. The van der Waals surface area contributed by atoms with E-state index in [1.807, 2.05) is 25.1 Å². The van der Waals surface area contributed by atoms with Gasteiger partial charge in [0.15, 0.2) is 11.5 Å². The lowest BCUT2D eigenvalue weighted by Crippen LogP contribution is -2.08. The van der Waals surface area contributed by atoms with Crippen LogP contribution in [0.4, 0.5) is 14.6 Å². The maximum Gasteiger partial charge on any atom is 0.270 e. The molecule has 7 nitrogen and oxygen atoms in total. The van der Waals surface area contributed by atoms with E-state index in [4.69, 9.17) is 4.74 Å². The number of benzene rings is 1. The first kappa shape index (κ1) is 20.5. The van der Waals surface area contributed by atoms with Crippen LogP contribution in [0.25, 0.3) is 11.2 Å². The number of nitrogens with zero attached hydrogens (tertiary/aromatic N) is 5. The summed E-state index contributed by atoms with van der Waals surface area (Å²) >= 11 is 0. The van der Waals surface area contributed by atoms with Gasteiger partial charge in [-0.25, -0.2) is 33.7 Å². The average Bonchev–Trinajstić information content (AvgIpc) is 2.75. The minimum Gasteiger partial charge on any atom is -0.439 e. The van der Waals surface area contributed by atoms with Gasteiger partial charge in [-0.3, -0.25) is 0 Å². The summed E-state index contributed by atoms with van der Waals surface area (Å²) in [6.07, 6.45) is 6.70. The van der Waals surface area contributed by atoms with Crippen molar-refractivity contribution in [1.82, 2.24) is 24.9 Å². The van der Waals surface area contributed by atoms with Gasteiger partial charge in [0.2, 0.25) is 5.88 Å². The van der Waals surface area contributed by atoms with Crippen molar-refractivity contribution >= 4 is 17.0 Å². The van der Waals surface area contributed by atoms with Crippen molar-refractivity contribution in [3.63, 3.8) is 0 Å². The number of alkyl halides is 2. The first-order valence-electron chi connectivity index (χ1n) is 9.67. The molecule has 0 saturated carbocycles. The van der Waals surface area contributed by atoms with E-state index in [9.17, 15) is 8.78 Å². The molecule has 31 heavy (non-hydrogen) atoms. The molecule has 0 unspecified atom stereocenters. The number of aryl methyl sites for hydroxylation is 1. The minimum absolute atomic E-state index is 0.133. The SMILES string of the molecule is Cc1cc(CCNc2ncnc3nccnc23)ccc1Oc1cc(C(C)(F)F)ccn1. The van der Waals surface area contributed by atoms with Crippen molar-refractivity contribution in [1.29, 1.82) is 0 Å². The van der Waals surface area contributed by atoms with E-state index in [1.54, 1.807) is 12.4 Å². The van der Waals surface area contributed by atoms with Gasteiger partial charge in [0.1, 0.15) is 17.6 Å². The second-order valence-corrected chi connectivity index (χ2v) is 7.10. The number of halogens is 2. The van der Waals surface area contributed by atoms with Gasteiger partial charge in [0, 0.05) is 43.7 Å². The standard InChI is InChI=1S/C22H20F2N6O/c1-14-11-15(5-7-27-20-19-21(30-13-29-20)28-10-9-26-19)3-4-17(14)31-18-12-16(6-8-25-18)22(2,23)24/h3-4,6,8-13H,5,7H2,1-2H3,(H,27,28,29,30). The zero-order chi connectivity index (χ0) is 21.8. The quantitative estimate of drug-likeness (QED) is 0.463. The van der Waals surface area contributed by atoms with Gasteiger partial charge < -0.3 is 10.1 Å². The summed E-state index contributed by atoms with van der Waals surface area (Å²) in [5, 5.41) is 3.26. The van der Waals surface area contributed by atoms with Gasteiger partial charge in [0.25, 0.3) is 5.92 Å². The fourth-order valence-corrected chi connectivity index (χ4v) is 3.08. The van der Waals surface area contributed by atoms with Crippen LogP contribution < -0.4 is 10.1 Å². The number of hydrogen-bond acceptors (Lipinski definition) is 7. The molecule has 0 amide bonds. The Labute approximate surface area is 177 Å². The summed E-state index contributed by atoms with van der Waals surface area (Å²) in [4.78, 5) is 20.8. The molecule has 4 aromatic rings. The van der Waals surface area contributed by atoms with E-state index in [1.165, 1.54) is 24.7 Å². The third-order valence-corrected chi connectivity index (χ3v) is 4.67. The number of aromatic nitrogens is 5. The highest BCUT2D eigenvalue weighted by Gasteiger charge is 2.25. The van der Waals surface area contributed by atoms with Crippen molar-refractivity contribution in [3.05, 3.63) is 71.9 Å². The highest BCUT2D eigenvalue weighted by molar-refractivity contribution is 5.81. The van der Waals surface area contributed by atoms with Crippen molar-refractivity contribution in [2.45, 2.75) is 26.2 Å². The van der Waals surface area contributed by atoms with Crippen LogP contribution in [0, 0.1) is 6.92 Å². The number of anilines is 1. The molecule has 3 aromatic heterocycles. The van der Waals surface area contributed by atoms with E-state index in [2.05, 4.69) is 30.2 Å². The van der Waals surface area contributed by atoms with E-state index in [0.29, 0.717) is 29.3 Å². The van der Waals surface area contributed by atoms with Crippen molar-refractivity contribution in [2.75, 3.05) is 11.9 Å². The monoisotopic (exact) mass is 422 g/mol.